The molecule has 0 aromatic heterocycles. The Morgan fingerprint density at radius 3 is 2.59 bits per heavy atom. The van der Waals surface area contributed by atoms with Crippen LogP contribution < -0.4 is 10.9 Å². The van der Waals surface area contributed by atoms with Gasteiger partial charge in [0.2, 0.25) is 0 Å². The molecule has 0 aliphatic rings. The number of aromatic hydroxyl groups is 1. The number of rotatable bonds is 4. The minimum absolute atomic E-state index is 0.288. The average Bonchev–Trinajstić information content (AvgIpc) is 2.35. The van der Waals surface area contributed by atoms with Crippen molar-refractivity contribution in [2.75, 3.05) is 5.43 Å². The molecule has 0 aliphatic carbocycles. The lowest BCUT2D eigenvalue weighted by Crippen LogP contribution is -2.20. The van der Waals surface area contributed by atoms with E-state index in [1.54, 1.807) is 6.07 Å². The lowest BCUT2D eigenvalue weighted by Gasteiger charge is -2.09. The van der Waals surface area contributed by atoms with Gasteiger partial charge in [0.15, 0.2) is 0 Å². The first-order valence-electron chi connectivity index (χ1n) is 5.27. The maximum atomic E-state index is 9.64. The number of halogens is 1. The lowest BCUT2D eigenvalue weighted by atomic mass is 10.2. The molecule has 0 radical (unpaired) electrons. The van der Waals surface area contributed by atoms with Crippen molar-refractivity contribution in [3.05, 3.63) is 58.6 Å². The van der Waals surface area contributed by atoms with Crippen molar-refractivity contribution in [2.24, 2.45) is 0 Å². The van der Waals surface area contributed by atoms with Crippen molar-refractivity contribution in [2.45, 2.75) is 6.54 Å². The van der Waals surface area contributed by atoms with Crippen molar-refractivity contribution < 1.29 is 5.11 Å². The van der Waals surface area contributed by atoms with E-state index in [-0.39, 0.29) is 5.75 Å². The van der Waals surface area contributed by atoms with Gasteiger partial charge in [-0.1, -0.05) is 34.1 Å². The maximum Gasteiger partial charge on any atom is 0.120 e. The summed E-state index contributed by atoms with van der Waals surface area (Å²) >= 11 is 3.37. The summed E-state index contributed by atoms with van der Waals surface area (Å²) in [5.41, 5.74) is 7.94. The molecule has 3 nitrogen and oxygen atoms in total. The zero-order valence-electron chi connectivity index (χ0n) is 9.15. The summed E-state index contributed by atoms with van der Waals surface area (Å²) in [4.78, 5) is 0. The van der Waals surface area contributed by atoms with Gasteiger partial charge in [-0.25, -0.2) is 5.43 Å². The summed E-state index contributed by atoms with van der Waals surface area (Å²) in [5.74, 6) is 0.288. The van der Waals surface area contributed by atoms with Gasteiger partial charge in [0.25, 0.3) is 0 Å². The molecule has 4 heteroatoms. The summed E-state index contributed by atoms with van der Waals surface area (Å²) < 4.78 is 0.951. The smallest absolute Gasteiger partial charge is 0.120 e. The van der Waals surface area contributed by atoms with Gasteiger partial charge in [0.1, 0.15) is 5.75 Å². The topological polar surface area (TPSA) is 44.3 Å². The molecule has 0 heterocycles. The van der Waals surface area contributed by atoms with E-state index in [4.69, 9.17) is 0 Å². The monoisotopic (exact) mass is 292 g/mol. The molecule has 17 heavy (non-hydrogen) atoms. The minimum atomic E-state index is 0.288. The average molecular weight is 293 g/mol. The number of benzene rings is 2. The third-order valence-corrected chi connectivity index (χ3v) is 2.82. The largest absolute Gasteiger partial charge is 0.508 e. The first kappa shape index (κ1) is 12.0. The molecule has 0 amide bonds. The fraction of sp³-hybridized carbons (Fsp3) is 0.0769. The van der Waals surface area contributed by atoms with E-state index in [0.29, 0.717) is 6.54 Å². The van der Waals surface area contributed by atoms with Crippen LogP contribution in [-0.4, -0.2) is 5.11 Å². The van der Waals surface area contributed by atoms with Crippen LogP contribution in [0.1, 0.15) is 5.56 Å². The first-order chi connectivity index (χ1) is 8.25. The van der Waals surface area contributed by atoms with Gasteiger partial charge >= 0.3 is 0 Å². The predicted molar refractivity (Wildman–Crippen MR) is 72.7 cm³/mol. The Morgan fingerprint density at radius 1 is 1.06 bits per heavy atom. The fourth-order valence-electron chi connectivity index (χ4n) is 1.46. The van der Waals surface area contributed by atoms with Crippen molar-refractivity contribution in [1.82, 2.24) is 5.43 Å². The summed E-state index contributed by atoms with van der Waals surface area (Å²) in [7, 11) is 0. The van der Waals surface area contributed by atoms with Crippen molar-refractivity contribution in [1.29, 1.82) is 0 Å². The molecule has 0 fully saturated rings. The number of phenols is 1. The molecule has 0 aliphatic heterocycles. The molecule has 0 saturated carbocycles. The molecular weight excluding hydrogens is 280 g/mol. The van der Waals surface area contributed by atoms with Crippen LogP contribution in [0.4, 0.5) is 5.69 Å². The SMILES string of the molecule is Oc1ccc(Br)cc1CNNc1ccccc1. The van der Waals surface area contributed by atoms with E-state index in [1.165, 1.54) is 0 Å². The van der Waals surface area contributed by atoms with Crippen molar-refractivity contribution in [3.8, 4) is 5.75 Å². The number of nitrogens with one attached hydrogen (secondary N) is 2. The molecule has 2 aromatic rings. The van der Waals surface area contributed by atoms with Crippen LogP contribution in [0, 0.1) is 0 Å². The van der Waals surface area contributed by atoms with Gasteiger partial charge in [-0.05, 0) is 30.3 Å². The van der Waals surface area contributed by atoms with Crippen molar-refractivity contribution in [3.63, 3.8) is 0 Å². The molecular formula is C13H13BrN2O. The standard InChI is InChI=1S/C13H13BrN2O/c14-11-6-7-13(17)10(8-11)9-15-16-12-4-2-1-3-5-12/h1-8,15-17H,9H2. The van der Waals surface area contributed by atoms with Gasteiger partial charge in [-0.3, -0.25) is 0 Å². The Balaban J connectivity index is 1.92. The number of hydrazine groups is 1. The number of hydrogen-bond acceptors (Lipinski definition) is 3. The maximum absolute atomic E-state index is 9.64. The molecule has 2 aromatic carbocycles. The second-order valence-corrected chi connectivity index (χ2v) is 4.53. The van der Waals surface area contributed by atoms with Gasteiger partial charge < -0.3 is 10.5 Å². The van der Waals surface area contributed by atoms with Crippen LogP contribution >= 0.6 is 15.9 Å². The molecule has 3 N–H and O–H groups in total. The van der Waals surface area contributed by atoms with Crippen LogP contribution in [-0.2, 0) is 6.54 Å². The van der Waals surface area contributed by atoms with Gasteiger partial charge in [-0.15, -0.1) is 0 Å². The van der Waals surface area contributed by atoms with E-state index >= 15 is 0 Å². The van der Waals surface area contributed by atoms with Gasteiger partial charge in [0.05, 0.1) is 0 Å². The highest BCUT2D eigenvalue weighted by Gasteiger charge is 2.00. The Hall–Kier alpha value is -1.52. The van der Waals surface area contributed by atoms with Crippen LogP contribution in [0.2, 0.25) is 0 Å². The van der Waals surface area contributed by atoms with E-state index < -0.39 is 0 Å². The zero-order chi connectivity index (χ0) is 12.1. The first-order valence-corrected chi connectivity index (χ1v) is 6.06. The zero-order valence-corrected chi connectivity index (χ0v) is 10.7. The quantitative estimate of drug-likeness (QED) is 0.758. The Bertz CT molecular complexity index is 488. The predicted octanol–water partition coefficient (Wildman–Crippen LogP) is 3.27. The highest BCUT2D eigenvalue weighted by Crippen LogP contribution is 2.21. The van der Waals surface area contributed by atoms with Crippen LogP contribution in [0.15, 0.2) is 53.0 Å². The fourth-order valence-corrected chi connectivity index (χ4v) is 1.87. The number of phenolic OH excluding ortho intramolecular Hbond substituents is 1. The molecule has 0 saturated heterocycles. The van der Waals surface area contributed by atoms with Crippen LogP contribution in [0.25, 0.3) is 0 Å². The van der Waals surface area contributed by atoms with Crippen LogP contribution in [0.5, 0.6) is 5.75 Å². The summed E-state index contributed by atoms with van der Waals surface area (Å²) in [6.45, 7) is 0.542. The second kappa shape index (κ2) is 5.70. The third-order valence-electron chi connectivity index (χ3n) is 2.33. The highest BCUT2D eigenvalue weighted by atomic mass is 79.9. The number of para-hydroxylation sites is 1. The second-order valence-electron chi connectivity index (χ2n) is 3.62. The van der Waals surface area contributed by atoms with Crippen LogP contribution in [0.3, 0.4) is 0 Å². The minimum Gasteiger partial charge on any atom is -0.508 e. The Labute approximate surface area is 109 Å². The van der Waals surface area contributed by atoms with Crippen molar-refractivity contribution >= 4 is 21.6 Å². The molecule has 0 unspecified atom stereocenters. The van der Waals surface area contributed by atoms with E-state index in [1.807, 2.05) is 42.5 Å². The summed E-state index contributed by atoms with van der Waals surface area (Å²) in [6.07, 6.45) is 0. The van der Waals surface area contributed by atoms with Gasteiger partial charge in [0, 0.05) is 22.3 Å². The highest BCUT2D eigenvalue weighted by molar-refractivity contribution is 9.10. The molecule has 2 rings (SSSR count). The third kappa shape index (κ3) is 3.47. The molecule has 0 atom stereocenters. The lowest BCUT2D eigenvalue weighted by molar-refractivity contribution is 0.466. The number of anilines is 1. The Kier molecular flexibility index (Phi) is 4.01. The van der Waals surface area contributed by atoms with E-state index in [9.17, 15) is 5.11 Å². The van der Waals surface area contributed by atoms with Gasteiger partial charge in [-0.2, -0.15) is 0 Å². The molecule has 0 spiro atoms. The summed E-state index contributed by atoms with van der Waals surface area (Å²) in [5, 5.41) is 9.64. The van der Waals surface area contributed by atoms with E-state index in [0.717, 1.165) is 15.7 Å². The summed E-state index contributed by atoms with van der Waals surface area (Å²) in [6, 6.07) is 15.2. The molecule has 0 bridgehead atoms. The normalized spacial score (nSPS) is 10.2. The van der Waals surface area contributed by atoms with E-state index in [2.05, 4.69) is 26.8 Å². The number of hydrogen-bond donors (Lipinski definition) is 3. The Morgan fingerprint density at radius 2 is 1.82 bits per heavy atom. The molecule has 88 valence electrons.